The van der Waals surface area contributed by atoms with Crippen LogP contribution in [0.3, 0.4) is 0 Å². The summed E-state index contributed by atoms with van der Waals surface area (Å²) in [7, 11) is 1.59. The fourth-order valence-electron chi connectivity index (χ4n) is 2.54. The smallest absolute Gasteiger partial charge is 0.259 e. The van der Waals surface area contributed by atoms with Crippen molar-refractivity contribution in [2.45, 2.75) is 26.2 Å². The summed E-state index contributed by atoms with van der Waals surface area (Å²) in [6.07, 6.45) is 4.83. The van der Waals surface area contributed by atoms with Gasteiger partial charge in [0.2, 0.25) is 0 Å². The Kier molecular flexibility index (Phi) is 5.54. The Morgan fingerprint density at radius 1 is 1.00 bits per heavy atom. The van der Waals surface area contributed by atoms with E-state index in [-0.39, 0.29) is 11.3 Å². The Bertz CT molecular complexity index is 965. The van der Waals surface area contributed by atoms with Gasteiger partial charge in [-0.1, -0.05) is 32.9 Å². The molecule has 3 aromatic rings. The Balaban J connectivity index is 1.81. The first-order chi connectivity index (χ1) is 13.4. The van der Waals surface area contributed by atoms with Gasteiger partial charge in [0.15, 0.2) is 0 Å². The summed E-state index contributed by atoms with van der Waals surface area (Å²) in [4.78, 5) is 25.8. The lowest BCUT2D eigenvalue weighted by molar-refractivity contribution is 0.102. The van der Waals surface area contributed by atoms with Gasteiger partial charge in [0.1, 0.15) is 17.4 Å². The van der Waals surface area contributed by atoms with E-state index >= 15 is 0 Å². The third kappa shape index (κ3) is 4.43. The van der Waals surface area contributed by atoms with Gasteiger partial charge in [-0.05, 0) is 24.3 Å². The van der Waals surface area contributed by atoms with Crippen LogP contribution in [0.2, 0.25) is 0 Å². The first-order valence-electron chi connectivity index (χ1n) is 8.87. The van der Waals surface area contributed by atoms with Crippen molar-refractivity contribution in [3.63, 3.8) is 0 Å². The van der Waals surface area contributed by atoms with E-state index in [2.05, 4.69) is 25.6 Å². The van der Waals surface area contributed by atoms with Gasteiger partial charge in [0, 0.05) is 11.6 Å². The van der Waals surface area contributed by atoms with E-state index in [0.717, 1.165) is 5.69 Å². The van der Waals surface area contributed by atoms with Gasteiger partial charge in [-0.15, -0.1) is 0 Å². The molecule has 7 nitrogen and oxygen atoms in total. The highest BCUT2D eigenvalue weighted by Crippen LogP contribution is 2.28. The molecule has 3 rings (SSSR count). The number of carbonyl (C=O) groups is 1. The predicted octanol–water partition coefficient (Wildman–Crippen LogP) is 4.17. The number of amides is 1. The molecule has 2 N–H and O–H groups in total. The van der Waals surface area contributed by atoms with Crippen LogP contribution in [-0.2, 0) is 5.41 Å². The van der Waals surface area contributed by atoms with Crippen LogP contribution in [-0.4, -0.2) is 28.0 Å². The van der Waals surface area contributed by atoms with Crippen molar-refractivity contribution in [3.8, 4) is 5.75 Å². The van der Waals surface area contributed by atoms with Gasteiger partial charge in [0.25, 0.3) is 5.91 Å². The molecule has 28 heavy (non-hydrogen) atoms. The van der Waals surface area contributed by atoms with Gasteiger partial charge >= 0.3 is 0 Å². The highest BCUT2D eigenvalue weighted by Gasteiger charge is 2.18. The summed E-state index contributed by atoms with van der Waals surface area (Å²) in [6, 6.07) is 10.8. The third-order valence-electron chi connectivity index (χ3n) is 3.99. The molecule has 0 aliphatic carbocycles. The second kappa shape index (κ2) is 8.04. The van der Waals surface area contributed by atoms with Crippen molar-refractivity contribution in [3.05, 3.63) is 66.4 Å². The van der Waals surface area contributed by atoms with E-state index in [0.29, 0.717) is 28.6 Å². The van der Waals surface area contributed by atoms with Crippen molar-refractivity contribution in [2.75, 3.05) is 17.7 Å². The molecular formula is C21H23N5O2. The number of methoxy groups -OCH3 is 1. The minimum Gasteiger partial charge on any atom is -0.495 e. The molecule has 2 heterocycles. The van der Waals surface area contributed by atoms with Crippen LogP contribution in [0.4, 0.5) is 17.2 Å². The lowest BCUT2D eigenvalue weighted by Gasteiger charge is -2.16. The molecule has 144 valence electrons. The van der Waals surface area contributed by atoms with Gasteiger partial charge < -0.3 is 15.4 Å². The molecule has 7 heteroatoms. The van der Waals surface area contributed by atoms with Crippen LogP contribution in [0, 0.1) is 0 Å². The number of ether oxygens (including phenoxy) is 1. The van der Waals surface area contributed by atoms with Crippen molar-refractivity contribution in [2.24, 2.45) is 0 Å². The summed E-state index contributed by atoms with van der Waals surface area (Å²) >= 11 is 0. The topological polar surface area (TPSA) is 89.0 Å². The van der Waals surface area contributed by atoms with Crippen molar-refractivity contribution in [1.82, 2.24) is 15.0 Å². The molecule has 0 fully saturated rings. The number of pyridine rings is 1. The maximum absolute atomic E-state index is 12.8. The van der Waals surface area contributed by atoms with E-state index in [4.69, 9.17) is 4.74 Å². The SMILES string of the molecule is COc1ccccc1Nc1ncccc1C(=O)Nc1cnc(C(C)(C)C)nc1. The van der Waals surface area contributed by atoms with Crippen LogP contribution >= 0.6 is 0 Å². The molecule has 0 atom stereocenters. The molecule has 0 bridgehead atoms. The summed E-state index contributed by atoms with van der Waals surface area (Å²) < 4.78 is 5.34. The minimum atomic E-state index is -0.308. The highest BCUT2D eigenvalue weighted by atomic mass is 16.5. The molecule has 0 saturated carbocycles. The predicted molar refractivity (Wildman–Crippen MR) is 109 cm³/mol. The Morgan fingerprint density at radius 3 is 2.39 bits per heavy atom. The number of aromatic nitrogens is 3. The van der Waals surface area contributed by atoms with Crippen molar-refractivity contribution >= 4 is 23.1 Å². The van der Waals surface area contributed by atoms with Crippen LogP contribution < -0.4 is 15.4 Å². The molecule has 0 radical (unpaired) electrons. The molecular weight excluding hydrogens is 354 g/mol. The maximum atomic E-state index is 12.8. The molecule has 1 aromatic carbocycles. The van der Waals surface area contributed by atoms with E-state index in [1.807, 2.05) is 45.0 Å². The summed E-state index contributed by atoms with van der Waals surface area (Å²) in [5.74, 6) is 1.49. The first-order valence-corrected chi connectivity index (χ1v) is 8.87. The number of rotatable bonds is 5. The zero-order chi connectivity index (χ0) is 20.1. The normalized spacial score (nSPS) is 11.0. The van der Waals surface area contributed by atoms with E-state index in [1.165, 1.54) is 0 Å². The van der Waals surface area contributed by atoms with Crippen LogP contribution in [0.1, 0.15) is 37.0 Å². The van der Waals surface area contributed by atoms with Crippen LogP contribution in [0.25, 0.3) is 0 Å². The van der Waals surface area contributed by atoms with Crippen molar-refractivity contribution in [1.29, 1.82) is 0 Å². The fraction of sp³-hybridized carbons (Fsp3) is 0.238. The molecule has 0 aliphatic heterocycles. The molecule has 2 aromatic heterocycles. The number of para-hydroxylation sites is 2. The first kappa shape index (κ1) is 19.3. The van der Waals surface area contributed by atoms with E-state index < -0.39 is 0 Å². The highest BCUT2D eigenvalue weighted by molar-refractivity contribution is 6.07. The Morgan fingerprint density at radius 2 is 1.71 bits per heavy atom. The van der Waals surface area contributed by atoms with Gasteiger partial charge in [0.05, 0.1) is 36.4 Å². The number of nitrogens with one attached hydrogen (secondary N) is 2. The third-order valence-corrected chi connectivity index (χ3v) is 3.99. The maximum Gasteiger partial charge on any atom is 0.259 e. The van der Waals surface area contributed by atoms with E-state index in [1.54, 1.807) is 37.8 Å². The summed E-state index contributed by atoms with van der Waals surface area (Å²) in [5, 5.41) is 5.98. The number of nitrogens with zero attached hydrogens (tertiary/aromatic N) is 3. The van der Waals surface area contributed by atoms with Gasteiger partial charge in [-0.3, -0.25) is 4.79 Å². The Hall–Kier alpha value is -3.48. The van der Waals surface area contributed by atoms with Gasteiger partial charge in [-0.25, -0.2) is 15.0 Å². The standard InChI is InChI=1S/C21H23N5O2/c1-21(2,3)20-23-12-14(13-24-20)25-19(27)15-8-7-11-22-18(15)26-16-9-5-6-10-17(16)28-4/h5-13H,1-4H3,(H,22,26)(H,25,27). The summed E-state index contributed by atoms with van der Waals surface area (Å²) in [5.41, 5.74) is 1.48. The fourth-order valence-corrected chi connectivity index (χ4v) is 2.54. The molecule has 0 unspecified atom stereocenters. The van der Waals surface area contributed by atoms with Crippen LogP contribution in [0.15, 0.2) is 55.0 Å². The number of anilines is 3. The zero-order valence-corrected chi connectivity index (χ0v) is 16.4. The number of hydrogen-bond acceptors (Lipinski definition) is 6. The molecule has 0 spiro atoms. The lowest BCUT2D eigenvalue weighted by Crippen LogP contribution is -2.18. The largest absolute Gasteiger partial charge is 0.495 e. The average Bonchev–Trinajstić information content (AvgIpc) is 2.68. The monoisotopic (exact) mass is 377 g/mol. The Labute approximate surface area is 164 Å². The quantitative estimate of drug-likeness (QED) is 0.694. The van der Waals surface area contributed by atoms with E-state index in [9.17, 15) is 4.79 Å². The zero-order valence-electron chi connectivity index (χ0n) is 16.4. The summed E-state index contributed by atoms with van der Waals surface area (Å²) in [6.45, 7) is 6.10. The number of carbonyl (C=O) groups excluding carboxylic acids is 1. The minimum absolute atomic E-state index is 0.155. The second-order valence-corrected chi connectivity index (χ2v) is 7.22. The van der Waals surface area contributed by atoms with Crippen LogP contribution in [0.5, 0.6) is 5.75 Å². The molecule has 0 saturated heterocycles. The lowest BCUT2D eigenvalue weighted by atomic mass is 9.96. The van der Waals surface area contributed by atoms with Gasteiger partial charge in [-0.2, -0.15) is 0 Å². The molecule has 1 amide bonds. The average molecular weight is 377 g/mol. The number of hydrogen-bond donors (Lipinski definition) is 2. The molecule has 0 aliphatic rings. The number of benzene rings is 1. The van der Waals surface area contributed by atoms with Crippen molar-refractivity contribution < 1.29 is 9.53 Å². The second-order valence-electron chi connectivity index (χ2n) is 7.22.